The Labute approximate surface area is 161 Å². The molecular formula is C20H29N3O3S. The molecule has 2 aromatic rings. The van der Waals surface area contributed by atoms with E-state index < -0.39 is 14.8 Å². The van der Waals surface area contributed by atoms with Gasteiger partial charge < -0.3 is 9.84 Å². The molecule has 0 aliphatic heterocycles. The van der Waals surface area contributed by atoms with Gasteiger partial charge in [-0.2, -0.15) is 0 Å². The van der Waals surface area contributed by atoms with Gasteiger partial charge in [0.1, 0.15) is 0 Å². The predicted molar refractivity (Wildman–Crippen MR) is 108 cm³/mol. The molecule has 7 heteroatoms. The Hall–Kier alpha value is -1.86. The van der Waals surface area contributed by atoms with Crippen molar-refractivity contribution in [1.82, 2.24) is 9.88 Å². The van der Waals surface area contributed by atoms with Crippen LogP contribution in [0.25, 0.3) is 11.3 Å². The quantitative estimate of drug-likeness (QED) is 0.777. The third kappa shape index (κ3) is 5.11. The summed E-state index contributed by atoms with van der Waals surface area (Å²) in [6.45, 7) is 6.11. The molecule has 0 bridgehead atoms. The van der Waals surface area contributed by atoms with Crippen LogP contribution in [0.5, 0.6) is 0 Å². The molecule has 1 heterocycles. The summed E-state index contributed by atoms with van der Waals surface area (Å²) in [7, 11) is -3.27. The van der Waals surface area contributed by atoms with Gasteiger partial charge in [0.05, 0.1) is 10.9 Å². The second kappa shape index (κ2) is 8.02. The van der Waals surface area contributed by atoms with Crippen molar-refractivity contribution in [2.45, 2.75) is 57.2 Å². The Morgan fingerprint density at radius 2 is 1.74 bits per heavy atom. The van der Waals surface area contributed by atoms with Crippen molar-refractivity contribution < 1.29 is 12.9 Å². The van der Waals surface area contributed by atoms with Crippen LogP contribution in [0.3, 0.4) is 0 Å². The SMILES string of the molecule is CC(C)(C)S(=O)(=O)N[C@H]1CC[C@H](CNc2ccc(-c3ccno3)cc2)CC1. The summed E-state index contributed by atoms with van der Waals surface area (Å²) >= 11 is 0. The molecule has 1 aromatic heterocycles. The number of nitrogens with one attached hydrogen (secondary N) is 2. The van der Waals surface area contributed by atoms with Crippen molar-refractivity contribution >= 4 is 15.7 Å². The highest BCUT2D eigenvalue weighted by molar-refractivity contribution is 7.90. The molecule has 1 aliphatic rings. The summed E-state index contributed by atoms with van der Waals surface area (Å²) in [6, 6.07) is 10.0. The molecule has 1 fully saturated rings. The third-order valence-electron chi connectivity index (χ3n) is 5.18. The molecular weight excluding hydrogens is 362 g/mol. The maximum atomic E-state index is 12.3. The Morgan fingerprint density at radius 1 is 1.07 bits per heavy atom. The topological polar surface area (TPSA) is 84.2 Å². The number of hydrogen-bond acceptors (Lipinski definition) is 5. The van der Waals surface area contributed by atoms with E-state index in [1.807, 2.05) is 30.3 Å². The summed E-state index contributed by atoms with van der Waals surface area (Å²) in [5.74, 6) is 1.33. The molecule has 6 nitrogen and oxygen atoms in total. The second-order valence-corrected chi connectivity index (χ2v) is 10.8. The fraction of sp³-hybridized carbons (Fsp3) is 0.550. The minimum absolute atomic E-state index is 0.0617. The second-order valence-electron chi connectivity index (χ2n) is 8.29. The van der Waals surface area contributed by atoms with Gasteiger partial charge >= 0.3 is 0 Å². The molecule has 0 unspecified atom stereocenters. The molecule has 0 spiro atoms. The Kier molecular flexibility index (Phi) is 5.91. The van der Waals surface area contributed by atoms with Gasteiger partial charge in [0.2, 0.25) is 10.0 Å². The van der Waals surface area contributed by atoms with Crippen molar-refractivity contribution in [3.05, 3.63) is 36.5 Å². The highest BCUT2D eigenvalue weighted by Gasteiger charge is 2.32. The van der Waals surface area contributed by atoms with Crippen LogP contribution < -0.4 is 10.0 Å². The van der Waals surface area contributed by atoms with E-state index in [9.17, 15) is 8.42 Å². The average Bonchev–Trinajstić information content (AvgIpc) is 3.15. The first-order chi connectivity index (χ1) is 12.7. The van der Waals surface area contributed by atoms with Crippen LogP contribution >= 0.6 is 0 Å². The third-order valence-corrected chi connectivity index (χ3v) is 7.43. The molecule has 148 valence electrons. The summed E-state index contributed by atoms with van der Waals surface area (Å²) in [5, 5.41) is 7.22. The molecule has 0 amide bonds. The van der Waals surface area contributed by atoms with E-state index >= 15 is 0 Å². The number of anilines is 1. The fourth-order valence-corrected chi connectivity index (χ4v) is 4.29. The standard InChI is InChI=1S/C20H29N3O3S/c1-20(2,3)27(24,25)23-18-8-4-15(5-9-18)14-21-17-10-6-16(7-11-17)19-12-13-22-26-19/h6-7,10-13,15,18,21,23H,4-5,8-9,14H2,1-3H3/t15-,18-. The monoisotopic (exact) mass is 391 g/mol. The van der Waals surface area contributed by atoms with Gasteiger partial charge in [0.15, 0.2) is 5.76 Å². The van der Waals surface area contributed by atoms with Gasteiger partial charge in [-0.05, 0) is 76.6 Å². The number of hydrogen-bond donors (Lipinski definition) is 2. The minimum atomic E-state index is -3.27. The van der Waals surface area contributed by atoms with Crippen LogP contribution in [0.1, 0.15) is 46.5 Å². The van der Waals surface area contributed by atoms with Crippen LogP contribution in [-0.4, -0.2) is 30.9 Å². The van der Waals surface area contributed by atoms with Crippen LogP contribution in [0, 0.1) is 5.92 Å². The normalized spacial score (nSPS) is 21.1. The minimum Gasteiger partial charge on any atom is -0.385 e. The molecule has 27 heavy (non-hydrogen) atoms. The van der Waals surface area contributed by atoms with E-state index in [0.29, 0.717) is 5.92 Å². The lowest BCUT2D eigenvalue weighted by Crippen LogP contribution is -2.46. The first kappa shape index (κ1) is 19.9. The van der Waals surface area contributed by atoms with Gasteiger partial charge in [0, 0.05) is 29.9 Å². The lowest BCUT2D eigenvalue weighted by molar-refractivity contribution is 0.322. The summed E-state index contributed by atoms with van der Waals surface area (Å²) in [5.41, 5.74) is 2.08. The molecule has 0 radical (unpaired) electrons. The Bertz CT molecular complexity index is 816. The summed E-state index contributed by atoms with van der Waals surface area (Å²) in [4.78, 5) is 0. The van der Waals surface area contributed by atoms with E-state index in [4.69, 9.17) is 4.52 Å². The lowest BCUT2D eigenvalue weighted by atomic mass is 9.86. The van der Waals surface area contributed by atoms with Gasteiger partial charge in [-0.3, -0.25) is 0 Å². The smallest absolute Gasteiger partial charge is 0.216 e. The van der Waals surface area contributed by atoms with E-state index in [1.54, 1.807) is 27.0 Å². The summed E-state index contributed by atoms with van der Waals surface area (Å²) in [6.07, 6.45) is 5.48. The van der Waals surface area contributed by atoms with Gasteiger partial charge in [-0.15, -0.1) is 0 Å². The molecule has 3 rings (SSSR count). The molecule has 2 N–H and O–H groups in total. The van der Waals surface area contributed by atoms with E-state index in [-0.39, 0.29) is 6.04 Å². The van der Waals surface area contributed by atoms with E-state index in [2.05, 4.69) is 15.2 Å². The summed E-state index contributed by atoms with van der Waals surface area (Å²) < 4.78 is 31.9. The van der Waals surface area contributed by atoms with E-state index in [0.717, 1.165) is 49.2 Å². The first-order valence-electron chi connectivity index (χ1n) is 9.51. The van der Waals surface area contributed by atoms with Crippen LogP contribution in [0.15, 0.2) is 41.1 Å². The van der Waals surface area contributed by atoms with Crippen LogP contribution in [0.4, 0.5) is 5.69 Å². The van der Waals surface area contributed by atoms with Gasteiger partial charge in [0.25, 0.3) is 0 Å². The average molecular weight is 392 g/mol. The highest BCUT2D eigenvalue weighted by atomic mass is 32.2. The first-order valence-corrected chi connectivity index (χ1v) is 11.0. The molecule has 1 saturated carbocycles. The Balaban J connectivity index is 1.45. The maximum absolute atomic E-state index is 12.3. The zero-order chi connectivity index (χ0) is 19.5. The zero-order valence-corrected chi connectivity index (χ0v) is 17.1. The van der Waals surface area contributed by atoms with Crippen molar-refractivity contribution in [2.75, 3.05) is 11.9 Å². The van der Waals surface area contributed by atoms with Crippen molar-refractivity contribution in [3.8, 4) is 11.3 Å². The fourth-order valence-electron chi connectivity index (χ4n) is 3.26. The molecule has 1 aliphatic carbocycles. The Morgan fingerprint density at radius 3 is 2.30 bits per heavy atom. The predicted octanol–water partition coefficient (Wildman–Crippen LogP) is 4.03. The number of rotatable bonds is 6. The van der Waals surface area contributed by atoms with Gasteiger partial charge in [-0.25, -0.2) is 13.1 Å². The number of aromatic nitrogens is 1. The van der Waals surface area contributed by atoms with Crippen molar-refractivity contribution in [1.29, 1.82) is 0 Å². The number of benzene rings is 1. The number of nitrogens with zero attached hydrogens (tertiary/aromatic N) is 1. The maximum Gasteiger partial charge on any atom is 0.216 e. The number of sulfonamides is 1. The van der Waals surface area contributed by atoms with Crippen molar-refractivity contribution in [3.63, 3.8) is 0 Å². The van der Waals surface area contributed by atoms with Crippen LogP contribution in [-0.2, 0) is 10.0 Å². The highest BCUT2D eigenvalue weighted by Crippen LogP contribution is 2.27. The van der Waals surface area contributed by atoms with Crippen molar-refractivity contribution in [2.24, 2.45) is 5.92 Å². The van der Waals surface area contributed by atoms with Crippen LogP contribution in [0.2, 0.25) is 0 Å². The largest absolute Gasteiger partial charge is 0.385 e. The zero-order valence-electron chi connectivity index (χ0n) is 16.2. The van der Waals surface area contributed by atoms with E-state index in [1.165, 1.54) is 0 Å². The molecule has 1 aromatic carbocycles. The molecule has 0 saturated heterocycles. The molecule has 0 atom stereocenters. The lowest BCUT2D eigenvalue weighted by Gasteiger charge is -2.31. The van der Waals surface area contributed by atoms with Gasteiger partial charge in [-0.1, -0.05) is 5.16 Å².